The van der Waals surface area contributed by atoms with Crippen molar-refractivity contribution in [1.29, 1.82) is 0 Å². The number of aromatic nitrogens is 2. The molecule has 2 N–H and O–H groups in total. The van der Waals surface area contributed by atoms with Crippen molar-refractivity contribution >= 4 is 39.0 Å². The van der Waals surface area contributed by atoms with E-state index in [-0.39, 0.29) is 5.75 Å². The van der Waals surface area contributed by atoms with Gasteiger partial charge in [0, 0.05) is 10.0 Å². The fourth-order valence-electron chi connectivity index (χ4n) is 2.34. The number of benzene rings is 2. The highest BCUT2D eigenvalue weighted by molar-refractivity contribution is 9.10. The molecule has 138 valence electrons. The molecule has 2 aromatic carbocycles. The Balaban J connectivity index is 1.66. The van der Waals surface area contributed by atoms with Crippen molar-refractivity contribution < 1.29 is 14.7 Å². The van der Waals surface area contributed by atoms with Crippen LogP contribution in [0.3, 0.4) is 0 Å². The van der Waals surface area contributed by atoms with Gasteiger partial charge in [-0.2, -0.15) is 5.10 Å². The van der Waals surface area contributed by atoms with Crippen LogP contribution in [0.4, 0.5) is 0 Å². The molecule has 8 nitrogen and oxygen atoms in total. The number of nitrogens with one attached hydrogen (secondary N) is 1. The van der Waals surface area contributed by atoms with Gasteiger partial charge >= 0.3 is 0 Å². The van der Waals surface area contributed by atoms with Crippen LogP contribution in [-0.2, 0) is 4.79 Å². The number of hydrogen-bond acceptors (Lipinski definition) is 6. The number of para-hydroxylation sites is 1. The minimum Gasteiger partial charge on any atom is -0.507 e. The van der Waals surface area contributed by atoms with E-state index in [2.05, 4.69) is 31.4 Å². The van der Waals surface area contributed by atoms with Gasteiger partial charge in [0.05, 0.1) is 17.1 Å². The maximum absolute atomic E-state index is 12.4. The summed E-state index contributed by atoms with van der Waals surface area (Å²) in [4.78, 5) is 33.9. The van der Waals surface area contributed by atoms with E-state index < -0.39 is 18.1 Å². The summed E-state index contributed by atoms with van der Waals surface area (Å²) in [5.74, 6) is -0.217. The van der Waals surface area contributed by atoms with Gasteiger partial charge in [-0.25, -0.2) is 10.4 Å². The van der Waals surface area contributed by atoms with Crippen LogP contribution in [0.15, 0.2) is 56.8 Å². The third kappa shape index (κ3) is 4.32. The van der Waals surface area contributed by atoms with Gasteiger partial charge in [0.1, 0.15) is 11.6 Å². The summed E-state index contributed by atoms with van der Waals surface area (Å²) in [5, 5.41) is 13.9. The van der Waals surface area contributed by atoms with Crippen molar-refractivity contribution in [3.8, 4) is 5.75 Å². The molecule has 0 aliphatic heterocycles. The largest absolute Gasteiger partial charge is 0.507 e. The van der Waals surface area contributed by atoms with Crippen LogP contribution in [0.1, 0.15) is 11.4 Å². The number of carbonyl (C=O) groups is 1. The fraction of sp³-hybridized carbons (Fsp3) is 0.111. The highest BCUT2D eigenvalue weighted by atomic mass is 79.9. The topological polar surface area (TPSA) is 106 Å². The predicted molar refractivity (Wildman–Crippen MR) is 104 cm³/mol. The number of aromatic hydroxyl groups is 1. The van der Waals surface area contributed by atoms with E-state index in [9.17, 15) is 14.7 Å². The summed E-state index contributed by atoms with van der Waals surface area (Å²) < 4.78 is 1.74. The first-order chi connectivity index (χ1) is 13.0. The van der Waals surface area contributed by atoms with Crippen LogP contribution in [0, 0.1) is 6.92 Å². The van der Waals surface area contributed by atoms with Gasteiger partial charge in [-0.3, -0.25) is 9.59 Å². The molecule has 0 aliphatic rings. The first-order valence-electron chi connectivity index (χ1n) is 7.88. The number of amides is 1. The van der Waals surface area contributed by atoms with Crippen molar-refractivity contribution in [3.63, 3.8) is 0 Å². The summed E-state index contributed by atoms with van der Waals surface area (Å²) >= 11 is 3.28. The van der Waals surface area contributed by atoms with Gasteiger partial charge in [-0.05, 0) is 37.3 Å². The Morgan fingerprint density at radius 1 is 1.37 bits per heavy atom. The van der Waals surface area contributed by atoms with E-state index in [1.807, 2.05) is 0 Å². The Bertz CT molecular complexity index is 1090. The predicted octanol–water partition coefficient (Wildman–Crippen LogP) is 1.75. The average molecular weight is 431 g/mol. The molecule has 0 radical (unpaired) electrons. The zero-order valence-electron chi connectivity index (χ0n) is 14.2. The van der Waals surface area contributed by atoms with Crippen molar-refractivity contribution in [2.45, 2.75) is 6.92 Å². The summed E-state index contributed by atoms with van der Waals surface area (Å²) in [6.45, 7) is 1.18. The Morgan fingerprint density at radius 3 is 2.96 bits per heavy atom. The zero-order chi connectivity index (χ0) is 19.4. The minimum atomic E-state index is -0.569. The number of nitrogens with zero attached hydrogens (tertiary/aromatic N) is 3. The van der Waals surface area contributed by atoms with Crippen molar-refractivity contribution in [2.24, 2.45) is 5.10 Å². The number of carbonyl (C=O) groups excluding carboxylic acids is 1. The highest BCUT2D eigenvalue weighted by Gasteiger charge is 2.10. The fourth-order valence-corrected chi connectivity index (χ4v) is 2.72. The lowest BCUT2D eigenvalue weighted by molar-refractivity contribution is -0.126. The third-order valence-electron chi connectivity index (χ3n) is 3.60. The first kappa shape index (κ1) is 18.6. The molecule has 3 aromatic rings. The second-order valence-electron chi connectivity index (χ2n) is 5.55. The van der Waals surface area contributed by atoms with Crippen molar-refractivity contribution in [2.75, 3.05) is 6.61 Å². The number of halogens is 1. The van der Waals surface area contributed by atoms with E-state index in [1.165, 1.54) is 12.3 Å². The molecule has 0 fully saturated rings. The molecule has 1 amide bonds. The Hall–Kier alpha value is -3.20. The molecule has 0 saturated carbocycles. The zero-order valence-corrected chi connectivity index (χ0v) is 15.8. The number of rotatable bonds is 5. The van der Waals surface area contributed by atoms with Gasteiger partial charge in [0.25, 0.3) is 11.5 Å². The smallest absolute Gasteiger partial charge is 0.294 e. The third-order valence-corrected chi connectivity index (χ3v) is 4.10. The monoisotopic (exact) mass is 430 g/mol. The molecule has 27 heavy (non-hydrogen) atoms. The molecule has 1 heterocycles. The molecular formula is C18H15BrN4O4. The number of fused-ring (bicyclic) bond motifs is 1. The number of phenols is 1. The summed E-state index contributed by atoms with van der Waals surface area (Å²) in [5.41, 5.74) is 2.86. The number of aryl methyl sites for hydroxylation is 1. The molecule has 0 spiro atoms. The second-order valence-corrected chi connectivity index (χ2v) is 6.46. The standard InChI is InChI=1S/C18H15BrN4O4/c1-11-21-15-5-3-2-4-14(15)18(26)23(11)27-10-17(25)22-20-9-12-8-13(19)6-7-16(12)24/h2-9,24H,10H2,1H3,(H,22,25). The van der Waals surface area contributed by atoms with Crippen LogP contribution in [0.2, 0.25) is 0 Å². The number of hydrogen-bond donors (Lipinski definition) is 2. The van der Waals surface area contributed by atoms with E-state index in [0.29, 0.717) is 22.3 Å². The molecule has 1 aromatic heterocycles. The van der Waals surface area contributed by atoms with Crippen LogP contribution >= 0.6 is 15.9 Å². The molecule has 0 bridgehead atoms. The molecule has 9 heteroatoms. The van der Waals surface area contributed by atoms with Gasteiger partial charge in [-0.1, -0.05) is 28.1 Å². The van der Waals surface area contributed by atoms with Crippen LogP contribution < -0.4 is 15.8 Å². The molecule has 0 unspecified atom stereocenters. The Morgan fingerprint density at radius 2 is 2.15 bits per heavy atom. The summed E-state index contributed by atoms with van der Waals surface area (Å²) in [6.07, 6.45) is 1.30. The minimum absolute atomic E-state index is 0.0249. The second kappa shape index (κ2) is 8.00. The maximum atomic E-state index is 12.4. The van der Waals surface area contributed by atoms with Crippen LogP contribution in [-0.4, -0.2) is 33.5 Å². The molecule has 0 saturated heterocycles. The van der Waals surface area contributed by atoms with Gasteiger partial charge in [0.15, 0.2) is 6.61 Å². The maximum Gasteiger partial charge on any atom is 0.294 e. The summed E-state index contributed by atoms with van der Waals surface area (Å²) in [7, 11) is 0. The first-order valence-corrected chi connectivity index (χ1v) is 8.67. The lowest BCUT2D eigenvalue weighted by Crippen LogP contribution is -2.35. The van der Waals surface area contributed by atoms with Crippen molar-refractivity contribution in [1.82, 2.24) is 15.1 Å². The van der Waals surface area contributed by atoms with E-state index in [4.69, 9.17) is 4.84 Å². The van der Waals surface area contributed by atoms with E-state index >= 15 is 0 Å². The lowest BCUT2D eigenvalue weighted by Gasteiger charge is -2.11. The molecule has 0 atom stereocenters. The normalized spacial score (nSPS) is 11.0. The van der Waals surface area contributed by atoms with E-state index in [1.54, 1.807) is 43.3 Å². The van der Waals surface area contributed by atoms with Crippen molar-refractivity contribution in [3.05, 3.63) is 68.7 Å². The lowest BCUT2D eigenvalue weighted by atomic mass is 10.2. The quantitative estimate of drug-likeness (QED) is 0.473. The van der Waals surface area contributed by atoms with Gasteiger partial charge in [-0.15, -0.1) is 4.73 Å². The number of hydrazone groups is 1. The van der Waals surface area contributed by atoms with Crippen LogP contribution in [0.25, 0.3) is 10.9 Å². The van der Waals surface area contributed by atoms with E-state index in [0.717, 1.165) is 9.20 Å². The highest BCUT2D eigenvalue weighted by Crippen LogP contribution is 2.19. The average Bonchev–Trinajstić information content (AvgIpc) is 2.64. The van der Waals surface area contributed by atoms with Gasteiger partial charge in [0.2, 0.25) is 0 Å². The SMILES string of the molecule is Cc1nc2ccccc2c(=O)n1OCC(=O)NN=Cc1cc(Br)ccc1O. The Labute approximate surface area is 162 Å². The molecule has 3 rings (SSSR count). The van der Waals surface area contributed by atoms with Gasteiger partial charge < -0.3 is 9.94 Å². The molecule has 0 aliphatic carbocycles. The summed E-state index contributed by atoms with van der Waals surface area (Å²) in [6, 6.07) is 11.7. The van der Waals surface area contributed by atoms with Crippen LogP contribution in [0.5, 0.6) is 5.75 Å². The number of phenolic OH excluding ortho intramolecular Hbond substituents is 1. The molecular weight excluding hydrogens is 416 g/mol. The Kier molecular flexibility index (Phi) is 5.51.